The van der Waals surface area contributed by atoms with Crippen molar-refractivity contribution in [2.24, 2.45) is 0 Å². The van der Waals surface area contributed by atoms with Crippen LogP contribution in [0, 0.1) is 29.8 Å². The Morgan fingerprint density at radius 2 is 2.00 bits per heavy atom. The van der Waals surface area contributed by atoms with Crippen LogP contribution in [0.25, 0.3) is 0 Å². The zero-order valence-electron chi connectivity index (χ0n) is 15.1. The van der Waals surface area contributed by atoms with Crippen LogP contribution in [0.3, 0.4) is 0 Å². The molecule has 11 heteroatoms. The van der Waals surface area contributed by atoms with E-state index in [-0.39, 0.29) is 29.4 Å². The number of rotatable bonds is 5. The predicted molar refractivity (Wildman–Crippen MR) is 99.0 cm³/mol. The molecule has 0 N–H and O–H groups in total. The Bertz CT molecular complexity index is 1080. The van der Waals surface area contributed by atoms with Gasteiger partial charge in [-0.1, -0.05) is 0 Å². The summed E-state index contributed by atoms with van der Waals surface area (Å²) in [6.45, 7) is 2.62. The first-order valence-corrected chi connectivity index (χ1v) is 9.97. The van der Waals surface area contributed by atoms with Gasteiger partial charge in [-0.15, -0.1) is 0 Å². The first kappa shape index (κ1) is 19.7. The van der Waals surface area contributed by atoms with Crippen molar-refractivity contribution >= 4 is 27.1 Å². The molecule has 0 radical (unpaired) electrons. The Balaban J connectivity index is 1.96. The number of carbonyl (C=O) groups excluding carboxylic acids is 1. The fourth-order valence-electron chi connectivity index (χ4n) is 3.15. The number of aromatic nitrogens is 2. The van der Waals surface area contributed by atoms with Gasteiger partial charge in [0.15, 0.2) is 9.84 Å². The van der Waals surface area contributed by atoms with E-state index in [1.807, 2.05) is 0 Å². The van der Waals surface area contributed by atoms with Crippen LogP contribution in [0.15, 0.2) is 35.7 Å². The van der Waals surface area contributed by atoms with Crippen molar-refractivity contribution in [1.82, 2.24) is 9.78 Å². The van der Waals surface area contributed by atoms with Crippen LogP contribution in [0.5, 0.6) is 0 Å². The van der Waals surface area contributed by atoms with Gasteiger partial charge in [0.05, 0.1) is 16.7 Å². The fraction of sp³-hybridized carbons (Fsp3) is 0.294. The highest BCUT2D eigenvalue weighted by molar-refractivity contribution is 7.94. The Kier molecular flexibility index (Phi) is 5.02. The number of nitrogens with zero attached hydrogens (tertiary/aromatic N) is 4. The lowest BCUT2D eigenvalue weighted by atomic mass is 10.2. The number of benzene rings is 1. The molecule has 0 saturated heterocycles. The van der Waals surface area contributed by atoms with E-state index < -0.39 is 32.5 Å². The van der Waals surface area contributed by atoms with E-state index >= 15 is 0 Å². The Labute approximate surface area is 160 Å². The third kappa shape index (κ3) is 3.79. The average Bonchev–Trinajstić information content (AvgIpc) is 3.08. The number of halogens is 1. The zero-order valence-corrected chi connectivity index (χ0v) is 15.9. The van der Waals surface area contributed by atoms with Gasteiger partial charge in [0.25, 0.3) is 0 Å². The van der Waals surface area contributed by atoms with Gasteiger partial charge in [-0.25, -0.2) is 12.8 Å². The smallest absolute Gasteiger partial charge is 0.303 e. The van der Waals surface area contributed by atoms with E-state index in [0.29, 0.717) is 5.69 Å². The van der Waals surface area contributed by atoms with Crippen molar-refractivity contribution in [2.45, 2.75) is 26.4 Å². The molecule has 3 rings (SSSR count). The molecule has 0 saturated carbocycles. The molecule has 28 heavy (non-hydrogen) atoms. The second-order valence-electron chi connectivity index (χ2n) is 6.40. The van der Waals surface area contributed by atoms with Gasteiger partial charge in [0.2, 0.25) is 5.91 Å². The van der Waals surface area contributed by atoms with E-state index in [2.05, 4.69) is 5.10 Å². The molecule has 9 nitrogen and oxygen atoms in total. The first-order valence-electron chi connectivity index (χ1n) is 8.26. The lowest BCUT2D eigenvalue weighted by Gasteiger charge is -2.27. The van der Waals surface area contributed by atoms with E-state index in [9.17, 15) is 27.7 Å². The molecule has 1 amide bonds. The minimum absolute atomic E-state index is 0.173. The lowest BCUT2D eigenvalue weighted by molar-refractivity contribution is -0.386. The standard InChI is InChI=1S/C17H17FN4O5S/c1-11-17(22(24)25)12(2)20(19-11)9-16(23)21(14-5-3-13(18)4-6-14)15-7-8-28(26,27)10-15/h3-8,15H,9-10H2,1-2H3. The SMILES string of the molecule is Cc1nn(CC(=O)N(c2ccc(F)cc2)C2C=CS(=O)(=O)C2)c(C)c1[N+](=O)[O-]. The van der Waals surface area contributed by atoms with Crippen LogP contribution in [0.2, 0.25) is 0 Å². The topological polar surface area (TPSA) is 115 Å². The quantitative estimate of drug-likeness (QED) is 0.551. The summed E-state index contributed by atoms with van der Waals surface area (Å²) < 4.78 is 38.1. The van der Waals surface area contributed by atoms with Gasteiger partial charge in [-0.2, -0.15) is 5.10 Å². The molecular weight excluding hydrogens is 391 g/mol. The largest absolute Gasteiger partial charge is 0.312 e. The zero-order chi connectivity index (χ0) is 20.6. The molecule has 1 unspecified atom stereocenters. The highest BCUT2D eigenvalue weighted by atomic mass is 32.2. The van der Waals surface area contributed by atoms with Gasteiger partial charge in [-0.3, -0.25) is 19.6 Å². The number of anilines is 1. The van der Waals surface area contributed by atoms with E-state index in [1.54, 1.807) is 0 Å². The van der Waals surface area contributed by atoms with Gasteiger partial charge in [0.1, 0.15) is 23.7 Å². The van der Waals surface area contributed by atoms with Crippen molar-refractivity contribution in [3.63, 3.8) is 0 Å². The summed E-state index contributed by atoms with van der Waals surface area (Å²) in [4.78, 5) is 24.8. The number of nitro groups is 1. The maximum Gasteiger partial charge on any atom is 0.312 e. The van der Waals surface area contributed by atoms with Gasteiger partial charge < -0.3 is 4.90 Å². The molecule has 1 atom stereocenters. The van der Waals surface area contributed by atoms with Crippen LogP contribution in [0.1, 0.15) is 11.4 Å². The van der Waals surface area contributed by atoms with Crippen molar-refractivity contribution in [1.29, 1.82) is 0 Å². The molecule has 1 aliphatic rings. The highest BCUT2D eigenvalue weighted by Gasteiger charge is 2.32. The predicted octanol–water partition coefficient (Wildman–Crippen LogP) is 1.89. The summed E-state index contributed by atoms with van der Waals surface area (Å²) >= 11 is 0. The van der Waals surface area contributed by atoms with E-state index in [4.69, 9.17) is 0 Å². The van der Waals surface area contributed by atoms with Crippen molar-refractivity contribution < 1.29 is 22.5 Å². The number of aryl methyl sites for hydroxylation is 1. The Morgan fingerprint density at radius 1 is 1.36 bits per heavy atom. The van der Waals surface area contributed by atoms with Gasteiger partial charge in [-0.05, 0) is 44.2 Å². The van der Waals surface area contributed by atoms with Gasteiger partial charge >= 0.3 is 5.69 Å². The molecular formula is C17H17FN4O5S. The van der Waals surface area contributed by atoms with E-state index in [0.717, 1.165) is 17.5 Å². The maximum atomic E-state index is 13.3. The molecule has 0 fully saturated rings. The minimum atomic E-state index is -3.45. The van der Waals surface area contributed by atoms with Crippen LogP contribution in [-0.4, -0.2) is 40.8 Å². The molecule has 148 valence electrons. The molecule has 0 aliphatic carbocycles. The molecule has 2 heterocycles. The summed E-state index contributed by atoms with van der Waals surface area (Å²) in [6, 6.07) is 4.30. The van der Waals surface area contributed by atoms with Crippen LogP contribution >= 0.6 is 0 Å². The number of hydrogen-bond donors (Lipinski definition) is 0. The summed E-state index contributed by atoms with van der Waals surface area (Å²) in [5.74, 6) is -1.33. The molecule has 0 bridgehead atoms. The average molecular weight is 408 g/mol. The Hall–Kier alpha value is -3.08. The number of sulfone groups is 1. The third-order valence-electron chi connectivity index (χ3n) is 4.43. The van der Waals surface area contributed by atoms with Crippen LogP contribution in [-0.2, 0) is 21.2 Å². The number of amides is 1. The van der Waals surface area contributed by atoms with Crippen LogP contribution < -0.4 is 4.90 Å². The lowest BCUT2D eigenvalue weighted by Crippen LogP contribution is -2.43. The summed E-state index contributed by atoms with van der Waals surface area (Å²) in [7, 11) is -3.45. The fourth-order valence-corrected chi connectivity index (χ4v) is 4.42. The molecule has 0 spiro atoms. The second kappa shape index (κ2) is 7.15. The van der Waals surface area contributed by atoms with Crippen LogP contribution in [0.4, 0.5) is 15.8 Å². The third-order valence-corrected chi connectivity index (χ3v) is 5.81. The molecule has 1 aromatic carbocycles. The van der Waals surface area contributed by atoms with Gasteiger partial charge in [0, 0.05) is 11.1 Å². The van der Waals surface area contributed by atoms with Crippen molar-refractivity contribution in [3.8, 4) is 0 Å². The maximum absolute atomic E-state index is 13.3. The monoisotopic (exact) mass is 408 g/mol. The number of hydrogen-bond acceptors (Lipinski definition) is 6. The van der Waals surface area contributed by atoms with Crippen molar-refractivity contribution in [3.05, 3.63) is 63.1 Å². The first-order chi connectivity index (χ1) is 13.1. The summed E-state index contributed by atoms with van der Waals surface area (Å²) in [6.07, 6.45) is 1.39. The highest BCUT2D eigenvalue weighted by Crippen LogP contribution is 2.25. The summed E-state index contributed by atoms with van der Waals surface area (Å²) in [5, 5.41) is 16.2. The summed E-state index contributed by atoms with van der Waals surface area (Å²) in [5.41, 5.74) is 0.523. The number of carbonyl (C=O) groups is 1. The minimum Gasteiger partial charge on any atom is -0.303 e. The molecule has 1 aliphatic heterocycles. The second-order valence-corrected chi connectivity index (χ2v) is 8.33. The normalized spacial score (nSPS) is 17.6. The molecule has 2 aromatic rings. The molecule has 1 aromatic heterocycles. The van der Waals surface area contributed by atoms with Crippen molar-refractivity contribution in [2.75, 3.05) is 10.7 Å². The van der Waals surface area contributed by atoms with E-state index in [1.165, 1.54) is 41.6 Å². The Morgan fingerprint density at radius 3 is 2.50 bits per heavy atom.